The van der Waals surface area contributed by atoms with Crippen LogP contribution < -0.4 is 17.4 Å². The summed E-state index contributed by atoms with van der Waals surface area (Å²) in [5.74, 6) is 0. The van der Waals surface area contributed by atoms with Crippen molar-refractivity contribution in [2.45, 2.75) is 4.90 Å². The van der Waals surface area contributed by atoms with Crippen LogP contribution >= 0.6 is 0 Å². The second-order valence-corrected chi connectivity index (χ2v) is 3.07. The number of aromatic amines is 1. The molecule has 4 heteroatoms. The Labute approximate surface area is 68.5 Å². The highest BCUT2D eigenvalue weighted by Crippen LogP contribution is 1.97. The van der Waals surface area contributed by atoms with Gasteiger partial charge in [0.15, 0.2) is 12.4 Å². The zero-order chi connectivity index (χ0) is 6.69. The Bertz CT molecular complexity index is 214. The van der Waals surface area contributed by atoms with Gasteiger partial charge >= 0.3 is 0 Å². The number of H-pyrrole nitrogens is 1. The maximum atomic E-state index is 10.7. The average Bonchev–Trinajstić information content (AvgIpc) is 1.90. The number of aromatic nitrogens is 1. The van der Waals surface area contributed by atoms with Crippen LogP contribution in [0.1, 0.15) is 0 Å². The van der Waals surface area contributed by atoms with Crippen molar-refractivity contribution < 1.29 is 21.6 Å². The fourth-order valence-electron chi connectivity index (χ4n) is 0.563. The Kier molecular flexibility index (Phi) is 4.23. The first-order valence-corrected chi connectivity index (χ1v) is 4.16. The zero-order valence-electron chi connectivity index (χ0n) is 5.50. The van der Waals surface area contributed by atoms with E-state index < -0.39 is 10.8 Å². The molecule has 1 rings (SSSR count). The molecule has 1 aromatic heterocycles. The van der Waals surface area contributed by atoms with Gasteiger partial charge in [0.25, 0.3) is 0 Å². The van der Waals surface area contributed by atoms with Crippen molar-refractivity contribution in [3.05, 3.63) is 24.5 Å². The van der Waals surface area contributed by atoms with E-state index in [2.05, 4.69) is 4.98 Å². The SMILES string of the molecule is CS(=O)c1cc[nH+]cc1.[Cl-]. The van der Waals surface area contributed by atoms with Crippen LogP contribution in [-0.2, 0) is 10.8 Å². The van der Waals surface area contributed by atoms with Crippen molar-refractivity contribution in [1.82, 2.24) is 0 Å². The largest absolute Gasteiger partial charge is 1.00 e. The van der Waals surface area contributed by atoms with E-state index in [0.29, 0.717) is 0 Å². The second kappa shape index (κ2) is 4.41. The van der Waals surface area contributed by atoms with Crippen LogP contribution in [0.25, 0.3) is 0 Å². The molecule has 0 spiro atoms. The third kappa shape index (κ3) is 2.45. The first kappa shape index (κ1) is 9.59. The van der Waals surface area contributed by atoms with Crippen LogP contribution in [0.2, 0.25) is 0 Å². The molecule has 0 radical (unpaired) electrons. The van der Waals surface area contributed by atoms with E-state index in [4.69, 9.17) is 0 Å². The zero-order valence-corrected chi connectivity index (χ0v) is 7.08. The van der Waals surface area contributed by atoms with Crippen LogP contribution in [0.5, 0.6) is 0 Å². The topological polar surface area (TPSA) is 31.2 Å². The molecule has 56 valence electrons. The predicted molar refractivity (Wildman–Crippen MR) is 35.3 cm³/mol. The maximum absolute atomic E-state index is 10.7. The van der Waals surface area contributed by atoms with Crippen molar-refractivity contribution in [3.8, 4) is 0 Å². The summed E-state index contributed by atoms with van der Waals surface area (Å²) >= 11 is 0. The molecule has 1 unspecified atom stereocenters. The summed E-state index contributed by atoms with van der Waals surface area (Å²) in [6.45, 7) is 0. The highest BCUT2D eigenvalue weighted by atomic mass is 35.5. The van der Waals surface area contributed by atoms with Crippen molar-refractivity contribution >= 4 is 10.8 Å². The van der Waals surface area contributed by atoms with E-state index in [-0.39, 0.29) is 12.4 Å². The van der Waals surface area contributed by atoms with E-state index in [1.165, 1.54) is 0 Å². The number of halogens is 1. The van der Waals surface area contributed by atoms with Gasteiger partial charge in [-0.05, 0) is 0 Å². The van der Waals surface area contributed by atoms with Crippen LogP contribution in [0, 0.1) is 0 Å². The number of nitrogens with one attached hydrogen (secondary N) is 1. The van der Waals surface area contributed by atoms with Crippen molar-refractivity contribution in [3.63, 3.8) is 0 Å². The number of rotatable bonds is 1. The van der Waals surface area contributed by atoms with E-state index >= 15 is 0 Å². The third-order valence-corrected chi connectivity index (χ3v) is 1.96. The lowest BCUT2D eigenvalue weighted by atomic mass is 10.5. The lowest BCUT2D eigenvalue weighted by Crippen LogP contribution is -3.00. The number of pyridine rings is 1. The van der Waals surface area contributed by atoms with E-state index in [1.54, 1.807) is 30.8 Å². The molecule has 1 aromatic rings. The maximum Gasteiger partial charge on any atom is 0.168 e. The van der Waals surface area contributed by atoms with Crippen molar-refractivity contribution in [2.75, 3.05) is 6.26 Å². The second-order valence-electron chi connectivity index (χ2n) is 1.69. The highest BCUT2D eigenvalue weighted by molar-refractivity contribution is 7.84. The molecule has 10 heavy (non-hydrogen) atoms. The van der Waals surface area contributed by atoms with Crippen molar-refractivity contribution in [1.29, 1.82) is 0 Å². The quantitative estimate of drug-likeness (QED) is 0.458. The summed E-state index contributed by atoms with van der Waals surface area (Å²) in [7, 11) is -0.849. The molecule has 1 N–H and O–H groups in total. The van der Waals surface area contributed by atoms with Gasteiger partial charge in [0.2, 0.25) is 0 Å². The molecule has 0 bridgehead atoms. The first-order chi connectivity index (χ1) is 4.30. The molecular weight excluding hydrogens is 170 g/mol. The summed E-state index contributed by atoms with van der Waals surface area (Å²) in [4.78, 5) is 3.71. The van der Waals surface area contributed by atoms with Gasteiger partial charge in [-0.25, -0.2) is 4.98 Å². The Balaban J connectivity index is 0.000000810. The Morgan fingerprint density at radius 2 is 1.90 bits per heavy atom. The number of hydrogen-bond donors (Lipinski definition) is 0. The van der Waals surface area contributed by atoms with Gasteiger partial charge < -0.3 is 12.4 Å². The molecule has 1 atom stereocenters. The van der Waals surface area contributed by atoms with Gasteiger partial charge in [0.1, 0.15) is 0 Å². The highest BCUT2D eigenvalue weighted by Gasteiger charge is 1.94. The molecule has 0 aromatic carbocycles. The summed E-state index contributed by atoms with van der Waals surface area (Å²) in [5.41, 5.74) is 0. The van der Waals surface area contributed by atoms with Crippen molar-refractivity contribution in [2.24, 2.45) is 0 Å². The summed E-state index contributed by atoms with van der Waals surface area (Å²) in [6.07, 6.45) is 5.18. The molecule has 1 heterocycles. The molecule has 2 nitrogen and oxygen atoms in total. The van der Waals surface area contributed by atoms with Crippen LogP contribution in [-0.4, -0.2) is 10.5 Å². The Hall–Kier alpha value is -0.410. The van der Waals surface area contributed by atoms with Gasteiger partial charge in [0.05, 0.1) is 15.7 Å². The van der Waals surface area contributed by atoms with Crippen LogP contribution in [0.3, 0.4) is 0 Å². The van der Waals surface area contributed by atoms with Gasteiger partial charge in [-0.15, -0.1) is 0 Å². The minimum absolute atomic E-state index is 0. The molecule has 0 aliphatic heterocycles. The standard InChI is InChI=1S/C6H7NOS.ClH/c1-9(8)6-2-4-7-5-3-6;/h2-5H,1H3;1H. The van der Waals surface area contributed by atoms with E-state index in [1.807, 2.05) is 0 Å². The van der Waals surface area contributed by atoms with Gasteiger partial charge in [0, 0.05) is 18.4 Å². The van der Waals surface area contributed by atoms with Crippen LogP contribution in [0.15, 0.2) is 29.4 Å². The fraction of sp³-hybridized carbons (Fsp3) is 0.167. The molecule has 0 aliphatic carbocycles. The molecule has 0 fully saturated rings. The molecular formula is C6H8ClNOS. The molecule has 0 aliphatic rings. The number of hydrogen-bond acceptors (Lipinski definition) is 1. The lowest BCUT2D eigenvalue weighted by Gasteiger charge is -1.87. The molecule has 0 saturated carbocycles. The molecule has 0 amide bonds. The lowest BCUT2D eigenvalue weighted by molar-refractivity contribution is -0.378. The van der Waals surface area contributed by atoms with Crippen LogP contribution in [0.4, 0.5) is 0 Å². The summed E-state index contributed by atoms with van der Waals surface area (Å²) in [5, 5.41) is 0. The third-order valence-electron chi connectivity index (χ3n) is 1.02. The molecule has 0 saturated heterocycles. The summed E-state index contributed by atoms with van der Waals surface area (Å²) < 4.78 is 10.7. The monoisotopic (exact) mass is 177 g/mol. The van der Waals surface area contributed by atoms with Gasteiger partial charge in [-0.2, -0.15) is 0 Å². The minimum Gasteiger partial charge on any atom is -1.00 e. The van der Waals surface area contributed by atoms with Gasteiger partial charge in [-0.3, -0.25) is 4.21 Å². The Morgan fingerprint density at radius 1 is 1.40 bits per heavy atom. The fourth-order valence-corrected chi connectivity index (χ4v) is 1.08. The van der Waals surface area contributed by atoms with Gasteiger partial charge in [-0.1, -0.05) is 0 Å². The minimum atomic E-state index is -0.849. The first-order valence-electron chi connectivity index (χ1n) is 2.60. The predicted octanol–water partition coefficient (Wildman–Crippen LogP) is -2.76. The van der Waals surface area contributed by atoms with E-state index in [0.717, 1.165) is 4.90 Å². The Morgan fingerprint density at radius 3 is 2.20 bits per heavy atom. The van der Waals surface area contributed by atoms with E-state index in [9.17, 15) is 4.21 Å². The smallest absolute Gasteiger partial charge is 0.168 e. The average molecular weight is 178 g/mol. The normalized spacial score (nSPS) is 11.7. The summed E-state index contributed by atoms with van der Waals surface area (Å²) in [6, 6.07) is 3.60.